The fraction of sp³-hybridized carbons (Fsp3) is 0.567. The van der Waals surface area contributed by atoms with E-state index in [1.165, 1.54) is 0 Å². The van der Waals surface area contributed by atoms with Crippen molar-refractivity contribution < 1.29 is 19.0 Å². The zero-order valence-electron chi connectivity index (χ0n) is 22.2. The molecule has 2 bridgehead atoms. The second-order valence-electron chi connectivity index (χ2n) is 11.7. The minimum absolute atomic E-state index is 0.0422. The predicted octanol–water partition coefficient (Wildman–Crippen LogP) is 6.60. The molecule has 2 aromatic carbocycles. The van der Waals surface area contributed by atoms with Gasteiger partial charge >= 0.3 is 6.09 Å². The number of amides is 1. The molecule has 3 saturated heterocycles. The van der Waals surface area contributed by atoms with E-state index in [9.17, 15) is 9.90 Å². The first-order valence-corrected chi connectivity index (χ1v) is 13.4. The highest BCUT2D eigenvalue weighted by atomic mass is 19.1. The van der Waals surface area contributed by atoms with Crippen molar-refractivity contribution in [3.63, 3.8) is 0 Å². The number of fused-ring (bicyclic) bond motifs is 4. The average Bonchev–Trinajstić information content (AvgIpc) is 2.83. The Kier molecular flexibility index (Phi) is 6.52. The summed E-state index contributed by atoms with van der Waals surface area (Å²) in [6.07, 6.45) is 2.87. The van der Waals surface area contributed by atoms with Gasteiger partial charge in [0.1, 0.15) is 11.6 Å². The van der Waals surface area contributed by atoms with Crippen LogP contribution in [0.1, 0.15) is 68.3 Å². The monoisotopic (exact) mass is 494 g/mol. The molecule has 0 radical (unpaired) electrons. The quantitative estimate of drug-likeness (QED) is 0.509. The highest BCUT2D eigenvalue weighted by Gasteiger charge is 2.48. The summed E-state index contributed by atoms with van der Waals surface area (Å²) in [6, 6.07) is 7.18. The lowest BCUT2D eigenvalue weighted by Crippen LogP contribution is -2.61. The Hall–Kier alpha value is -2.60. The minimum atomic E-state index is -0.887. The number of benzene rings is 2. The lowest BCUT2D eigenvalue weighted by Gasteiger charge is -2.54. The van der Waals surface area contributed by atoms with Crippen LogP contribution in [0.25, 0.3) is 11.1 Å². The van der Waals surface area contributed by atoms with Gasteiger partial charge in [0, 0.05) is 12.1 Å². The summed E-state index contributed by atoms with van der Waals surface area (Å²) in [7, 11) is 0. The molecule has 1 N–H and O–H groups in total. The third-order valence-corrected chi connectivity index (χ3v) is 8.84. The van der Waals surface area contributed by atoms with Crippen LogP contribution in [-0.2, 0) is 6.42 Å². The van der Waals surface area contributed by atoms with Gasteiger partial charge in [-0.05, 0) is 123 Å². The van der Waals surface area contributed by atoms with E-state index in [4.69, 9.17) is 4.74 Å². The van der Waals surface area contributed by atoms with Gasteiger partial charge in [-0.3, -0.25) is 4.90 Å². The maximum Gasteiger partial charge on any atom is 0.408 e. The van der Waals surface area contributed by atoms with Crippen LogP contribution in [0.2, 0.25) is 0 Å². The molecule has 36 heavy (non-hydrogen) atoms. The second kappa shape index (κ2) is 9.37. The van der Waals surface area contributed by atoms with Gasteiger partial charge in [0.25, 0.3) is 0 Å². The number of ether oxygens (including phenoxy) is 1. The molecule has 5 nitrogen and oxygen atoms in total. The molecule has 0 saturated carbocycles. The van der Waals surface area contributed by atoms with Crippen LogP contribution in [0.3, 0.4) is 0 Å². The van der Waals surface area contributed by atoms with Crippen molar-refractivity contribution in [1.82, 2.24) is 9.80 Å². The first kappa shape index (κ1) is 25.1. The van der Waals surface area contributed by atoms with E-state index < -0.39 is 6.09 Å². The number of piperidine rings is 3. The van der Waals surface area contributed by atoms with E-state index in [1.807, 2.05) is 39.0 Å². The number of carboxylic acid groups (broad SMARTS) is 1. The topological polar surface area (TPSA) is 53.0 Å². The largest absolute Gasteiger partial charge is 0.493 e. The van der Waals surface area contributed by atoms with Crippen LogP contribution in [0.15, 0.2) is 24.3 Å². The van der Waals surface area contributed by atoms with E-state index in [0.29, 0.717) is 18.1 Å². The van der Waals surface area contributed by atoms with Crippen molar-refractivity contribution in [1.29, 1.82) is 0 Å². The van der Waals surface area contributed by atoms with Gasteiger partial charge in [-0.25, -0.2) is 9.18 Å². The summed E-state index contributed by atoms with van der Waals surface area (Å²) in [5.41, 5.74) is 5.01. The highest BCUT2D eigenvalue weighted by molar-refractivity contribution is 5.71. The van der Waals surface area contributed by atoms with Gasteiger partial charge in [-0.2, -0.15) is 0 Å². The van der Waals surface area contributed by atoms with Crippen LogP contribution in [-0.4, -0.2) is 53.3 Å². The minimum Gasteiger partial charge on any atom is -0.493 e. The Balaban J connectivity index is 1.58. The standard InChI is InChI=1S/C30H39FN2O3/c1-6-36-27-18(2)13-22(14-19(27)3)23-15-21-7-10-30(4,5)28(24(21)16-25(23)31)33(29(34)35)26-17-32-11-8-20(26)9-12-32/h13-16,20,26,28H,6-12,17H2,1-5H3,(H,34,35)/t26-,28+/m1/s1. The number of rotatable bonds is 5. The molecule has 4 aliphatic rings. The predicted molar refractivity (Wildman–Crippen MR) is 140 cm³/mol. The number of halogens is 1. The lowest BCUT2D eigenvalue weighted by atomic mass is 9.68. The van der Waals surface area contributed by atoms with Gasteiger partial charge in [0.15, 0.2) is 0 Å². The summed E-state index contributed by atoms with van der Waals surface area (Å²) >= 11 is 0. The molecule has 3 heterocycles. The lowest BCUT2D eigenvalue weighted by molar-refractivity contribution is -0.0353. The fourth-order valence-corrected chi connectivity index (χ4v) is 7.04. The van der Waals surface area contributed by atoms with E-state index >= 15 is 4.39 Å². The summed E-state index contributed by atoms with van der Waals surface area (Å²) in [6.45, 7) is 13.7. The summed E-state index contributed by atoms with van der Waals surface area (Å²) in [4.78, 5) is 16.9. The van der Waals surface area contributed by atoms with Crippen LogP contribution in [0.4, 0.5) is 9.18 Å². The van der Waals surface area contributed by atoms with Crippen LogP contribution in [0.5, 0.6) is 5.75 Å². The van der Waals surface area contributed by atoms with Crippen molar-refractivity contribution in [3.05, 3.63) is 52.3 Å². The van der Waals surface area contributed by atoms with Gasteiger partial charge in [0.05, 0.1) is 18.7 Å². The molecule has 0 aromatic heterocycles. The van der Waals surface area contributed by atoms with E-state index in [2.05, 4.69) is 18.7 Å². The van der Waals surface area contributed by atoms with Gasteiger partial charge in [-0.15, -0.1) is 0 Å². The third kappa shape index (κ3) is 4.27. The van der Waals surface area contributed by atoms with Crippen molar-refractivity contribution >= 4 is 6.09 Å². The van der Waals surface area contributed by atoms with E-state index in [1.54, 1.807) is 11.0 Å². The Morgan fingerprint density at radius 1 is 1.17 bits per heavy atom. The molecule has 194 valence electrons. The smallest absolute Gasteiger partial charge is 0.408 e. The maximum absolute atomic E-state index is 15.9. The molecule has 3 fully saturated rings. The van der Waals surface area contributed by atoms with E-state index in [-0.39, 0.29) is 23.3 Å². The van der Waals surface area contributed by atoms with Crippen molar-refractivity contribution in [2.24, 2.45) is 11.3 Å². The molecule has 3 aliphatic heterocycles. The number of hydrogen-bond donors (Lipinski definition) is 1. The first-order chi connectivity index (χ1) is 17.1. The number of hydrogen-bond acceptors (Lipinski definition) is 3. The maximum atomic E-state index is 15.9. The Morgan fingerprint density at radius 3 is 2.39 bits per heavy atom. The number of nitrogens with zero attached hydrogens (tertiary/aromatic N) is 2. The van der Waals surface area contributed by atoms with Gasteiger partial charge < -0.3 is 14.7 Å². The molecule has 2 aromatic rings. The van der Waals surface area contributed by atoms with E-state index in [0.717, 1.165) is 78.9 Å². The van der Waals surface area contributed by atoms with Crippen molar-refractivity contribution in [2.75, 3.05) is 26.2 Å². The zero-order valence-corrected chi connectivity index (χ0v) is 22.2. The van der Waals surface area contributed by atoms with Gasteiger partial charge in [0.2, 0.25) is 0 Å². The fourth-order valence-electron chi connectivity index (χ4n) is 7.04. The average molecular weight is 495 g/mol. The molecule has 0 unspecified atom stereocenters. The zero-order chi connectivity index (χ0) is 25.8. The molecule has 6 heteroatoms. The Bertz CT molecular complexity index is 1150. The first-order valence-electron chi connectivity index (χ1n) is 13.4. The molecule has 0 spiro atoms. The van der Waals surface area contributed by atoms with Crippen LogP contribution in [0, 0.1) is 31.0 Å². The van der Waals surface area contributed by atoms with Crippen LogP contribution >= 0.6 is 0 Å². The normalized spacial score (nSPS) is 26.4. The third-order valence-electron chi connectivity index (χ3n) is 8.84. The Labute approximate surface area is 214 Å². The molecule has 1 aliphatic carbocycles. The Morgan fingerprint density at radius 2 is 1.83 bits per heavy atom. The molecule has 6 rings (SSSR count). The molecular weight excluding hydrogens is 455 g/mol. The van der Waals surface area contributed by atoms with Gasteiger partial charge in [-0.1, -0.05) is 13.8 Å². The number of carbonyl (C=O) groups is 1. The SMILES string of the molecule is CCOc1c(C)cc(-c2cc3c(cc2F)[C@H](N(C(=O)O)[C@@H]2CN4CCC2CC4)C(C)(C)CC3)cc1C. The van der Waals surface area contributed by atoms with Crippen molar-refractivity contribution in [3.8, 4) is 16.9 Å². The molecule has 2 atom stereocenters. The van der Waals surface area contributed by atoms with Crippen molar-refractivity contribution in [2.45, 2.75) is 72.4 Å². The summed E-state index contributed by atoms with van der Waals surface area (Å²) in [5, 5.41) is 10.5. The second-order valence-corrected chi connectivity index (χ2v) is 11.7. The van der Waals surface area contributed by atoms with Crippen LogP contribution < -0.4 is 4.74 Å². The summed E-state index contributed by atoms with van der Waals surface area (Å²) in [5.74, 6) is 0.945. The molecular formula is C30H39FN2O3. The number of aryl methyl sites for hydroxylation is 3. The highest BCUT2D eigenvalue weighted by Crippen LogP contribution is 2.50. The summed E-state index contributed by atoms with van der Waals surface area (Å²) < 4.78 is 21.6. The molecule has 1 amide bonds.